The van der Waals surface area contributed by atoms with Gasteiger partial charge in [0.2, 0.25) is 0 Å². The van der Waals surface area contributed by atoms with Crippen LogP contribution in [0.1, 0.15) is 15.9 Å². The number of hydrogen-bond donors (Lipinski definition) is 1. The molecule has 0 aliphatic heterocycles. The van der Waals surface area contributed by atoms with Crippen molar-refractivity contribution in [2.75, 3.05) is 0 Å². The molecule has 0 bridgehead atoms. The Morgan fingerprint density at radius 3 is 2.59 bits per heavy atom. The number of alkyl halides is 3. The average molecular weight is 307 g/mol. The normalized spacial score (nSPS) is 11.8. The summed E-state index contributed by atoms with van der Waals surface area (Å²) in [5.74, 6) is -1.23. The third-order valence-corrected chi connectivity index (χ3v) is 3.10. The van der Waals surface area contributed by atoms with Crippen LogP contribution in [-0.2, 0) is 6.18 Å². The Morgan fingerprint density at radius 2 is 1.91 bits per heavy atom. The minimum atomic E-state index is -4.53. The Hall–Kier alpha value is -2.90. The summed E-state index contributed by atoms with van der Waals surface area (Å²) in [6.45, 7) is 0. The molecule has 8 heteroatoms. The van der Waals surface area contributed by atoms with E-state index in [-0.39, 0.29) is 22.5 Å². The van der Waals surface area contributed by atoms with Crippen LogP contribution in [0.4, 0.5) is 13.2 Å². The molecule has 0 saturated heterocycles. The molecule has 0 aliphatic carbocycles. The van der Waals surface area contributed by atoms with Gasteiger partial charge in [0.1, 0.15) is 5.56 Å². The van der Waals surface area contributed by atoms with E-state index < -0.39 is 17.7 Å². The molecule has 3 aromatic rings. The van der Waals surface area contributed by atoms with E-state index in [0.717, 1.165) is 10.6 Å². The number of imidazole rings is 1. The number of rotatable bonds is 2. The number of carbonyl (C=O) groups is 1. The molecule has 2 aromatic heterocycles. The van der Waals surface area contributed by atoms with E-state index in [1.54, 1.807) is 0 Å². The zero-order chi connectivity index (χ0) is 15.9. The van der Waals surface area contributed by atoms with Crippen molar-refractivity contribution >= 4 is 11.6 Å². The Balaban J connectivity index is 2.25. The van der Waals surface area contributed by atoms with Crippen LogP contribution in [0.2, 0.25) is 0 Å². The minimum Gasteiger partial charge on any atom is -0.478 e. The summed E-state index contributed by atoms with van der Waals surface area (Å²) in [6.07, 6.45) is -2.01. The summed E-state index contributed by atoms with van der Waals surface area (Å²) >= 11 is 0. The number of benzene rings is 1. The van der Waals surface area contributed by atoms with Gasteiger partial charge in [-0.15, -0.1) is 0 Å². The van der Waals surface area contributed by atoms with Crippen LogP contribution in [0.25, 0.3) is 16.9 Å². The van der Waals surface area contributed by atoms with E-state index in [1.165, 1.54) is 36.7 Å². The lowest BCUT2D eigenvalue weighted by Gasteiger charge is -2.10. The van der Waals surface area contributed by atoms with Gasteiger partial charge in [0, 0.05) is 11.8 Å². The molecule has 0 spiro atoms. The molecule has 112 valence electrons. The molecule has 0 saturated carbocycles. The summed E-state index contributed by atoms with van der Waals surface area (Å²) in [5.41, 5.74) is -1.10. The predicted octanol–water partition coefficient (Wildman–Crippen LogP) is 3.11. The van der Waals surface area contributed by atoms with Crippen LogP contribution in [0.3, 0.4) is 0 Å². The molecular formula is C14H8F3N3O2. The molecule has 1 aromatic carbocycles. The number of aromatic carboxylic acids is 1. The first-order chi connectivity index (χ1) is 10.4. The largest absolute Gasteiger partial charge is 0.478 e. The van der Waals surface area contributed by atoms with Crippen LogP contribution in [0, 0.1) is 0 Å². The van der Waals surface area contributed by atoms with E-state index in [4.69, 9.17) is 5.11 Å². The van der Waals surface area contributed by atoms with Gasteiger partial charge in [-0.2, -0.15) is 18.3 Å². The molecule has 0 unspecified atom stereocenters. The number of aromatic nitrogens is 3. The Labute approximate surface area is 121 Å². The van der Waals surface area contributed by atoms with E-state index in [9.17, 15) is 18.0 Å². The molecule has 5 nitrogen and oxygen atoms in total. The Kier molecular flexibility index (Phi) is 3.09. The van der Waals surface area contributed by atoms with Gasteiger partial charge in [0.25, 0.3) is 0 Å². The van der Waals surface area contributed by atoms with Crippen molar-refractivity contribution < 1.29 is 23.1 Å². The smallest absolute Gasteiger partial charge is 0.417 e. The SMILES string of the molecule is O=C(O)c1ccnn2cc(-c3ccccc3C(F)(F)F)nc12. The molecule has 0 radical (unpaired) electrons. The molecule has 0 atom stereocenters. The topological polar surface area (TPSA) is 67.5 Å². The number of nitrogens with zero attached hydrogens (tertiary/aromatic N) is 3. The quantitative estimate of drug-likeness (QED) is 0.790. The summed E-state index contributed by atoms with van der Waals surface area (Å²) in [6, 6.07) is 6.21. The molecule has 0 aliphatic rings. The van der Waals surface area contributed by atoms with Gasteiger partial charge in [0.05, 0.1) is 17.5 Å². The monoisotopic (exact) mass is 307 g/mol. The van der Waals surface area contributed by atoms with Crippen LogP contribution in [0.15, 0.2) is 42.7 Å². The van der Waals surface area contributed by atoms with Crippen molar-refractivity contribution in [3.05, 3.63) is 53.9 Å². The molecule has 22 heavy (non-hydrogen) atoms. The first kappa shape index (κ1) is 14.1. The lowest BCUT2D eigenvalue weighted by Crippen LogP contribution is -2.06. The van der Waals surface area contributed by atoms with Gasteiger partial charge in [0.15, 0.2) is 5.65 Å². The number of carboxylic acids is 1. The highest BCUT2D eigenvalue weighted by atomic mass is 19.4. The van der Waals surface area contributed by atoms with Crippen molar-refractivity contribution in [2.45, 2.75) is 6.18 Å². The third kappa shape index (κ3) is 2.28. The highest BCUT2D eigenvalue weighted by Crippen LogP contribution is 2.36. The molecule has 1 N–H and O–H groups in total. The van der Waals surface area contributed by atoms with Gasteiger partial charge < -0.3 is 5.11 Å². The second-order valence-electron chi connectivity index (χ2n) is 4.49. The van der Waals surface area contributed by atoms with Crippen molar-refractivity contribution in [2.24, 2.45) is 0 Å². The van der Waals surface area contributed by atoms with Crippen LogP contribution >= 0.6 is 0 Å². The standard InChI is InChI=1S/C14H8F3N3O2/c15-14(16,17)10-4-2-1-3-8(10)11-7-20-12(19-11)9(13(21)22)5-6-18-20/h1-7H,(H,21,22). The lowest BCUT2D eigenvalue weighted by atomic mass is 10.1. The van der Waals surface area contributed by atoms with Crippen molar-refractivity contribution in [1.82, 2.24) is 14.6 Å². The number of fused-ring (bicyclic) bond motifs is 1. The van der Waals surface area contributed by atoms with Crippen molar-refractivity contribution in [1.29, 1.82) is 0 Å². The maximum atomic E-state index is 13.1. The predicted molar refractivity (Wildman–Crippen MR) is 70.4 cm³/mol. The Bertz CT molecular complexity index is 871. The van der Waals surface area contributed by atoms with Crippen LogP contribution in [-0.4, -0.2) is 25.7 Å². The maximum Gasteiger partial charge on any atom is 0.417 e. The fourth-order valence-electron chi connectivity index (χ4n) is 2.15. The van der Waals surface area contributed by atoms with Gasteiger partial charge in [-0.1, -0.05) is 18.2 Å². The lowest BCUT2D eigenvalue weighted by molar-refractivity contribution is -0.137. The van der Waals surface area contributed by atoms with E-state index in [2.05, 4.69) is 10.1 Å². The third-order valence-electron chi connectivity index (χ3n) is 3.10. The van der Waals surface area contributed by atoms with Gasteiger partial charge in [-0.3, -0.25) is 0 Å². The fraction of sp³-hybridized carbons (Fsp3) is 0.0714. The van der Waals surface area contributed by atoms with E-state index in [0.29, 0.717) is 0 Å². The molecule has 2 heterocycles. The van der Waals surface area contributed by atoms with E-state index in [1.807, 2.05) is 0 Å². The summed E-state index contributed by atoms with van der Waals surface area (Å²) < 4.78 is 40.3. The first-order valence-electron chi connectivity index (χ1n) is 6.12. The Morgan fingerprint density at radius 1 is 1.18 bits per heavy atom. The molecule has 3 rings (SSSR count). The number of carboxylic acid groups (broad SMARTS) is 1. The molecular weight excluding hydrogens is 299 g/mol. The van der Waals surface area contributed by atoms with E-state index >= 15 is 0 Å². The molecule has 0 amide bonds. The van der Waals surface area contributed by atoms with Crippen LogP contribution in [0.5, 0.6) is 0 Å². The van der Waals surface area contributed by atoms with Gasteiger partial charge >= 0.3 is 12.1 Å². The summed E-state index contributed by atoms with van der Waals surface area (Å²) in [5, 5.41) is 13.0. The molecule has 0 fully saturated rings. The van der Waals surface area contributed by atoms with Gasteiger partial charge in [-0.25, -0.2) is 14.3 Å². The average Bonchev–Trinajstić information content (AvgIpc) is 2.89. The highest BCUT2D eigenvalue weighted by molar-refractivity contribution is 5.94. The van der Waals surface area contributed by atoms with Crippen molar-refractivity contribution in [3.63, 3.8) is 0 Å². The zero-order valence-corrected chi connectivity index (χ0v) is 10.9. The second kappa shape index (κ2) is 4.83. The van der Waals surface area contributed by atoms with Crippen molar-refractivity contribution in [3.8, 4) is 11.3 Å². The summed E-state index contributed by atoms with van der Waals surface area (Å²) in [7, 11) is 0. The first-order valence-corrected chi connectivity index (χ1v) is 6.12. The highest BCUT2D eigenvalue weighted by Gasteiger charge is 2.34. The second-order valence-corrected chi connectivity index (χ2v) is 4.49. The number of halogens is 3. The minimum absolute atomic E-state index is 0.00845. The van der Waals surface area contributed by atoms with Gasteiger partial charge in [-0.05, 0) is 12.1 Å². The maximum absolute atomic E-state index is 13.1. The zero-order valence-electron chi connectivity index (χ0n) is 10.9. The summed E-state index contributed by atoms with van der Waals surface area (Å²) in [4.78, 5) is 15.1. The van der Waals surface area contributed by atoms with Crippen LogP contribution < -0.4 is 0 Å². The number of hydrogen-bond acceptors (Lipinski definition) is 3. The fourth-order valence-corrected chi connectivity index (χ4v) is 2.15.